The maximum absolute atomic E-state index is 9.35. The van der Waals surface area contributed by atoms with Crippen molar-refractivity contribution in [2.24, 2.45) is 11.7 Å². The van der Waals surface area contributed by atoms with Crippen LogP contribution in [0.2, 0.25) is 0 Å². The van der Waals surface area contributed by atoms with E-state index in [1.165, 1.54) is 0 Å². The molecule has 3 unspecified atom stereocenters. The summed E-state index contributed by atoms with van der Waals surface area (Å²) in [6, 6.07) is -0.661. The standard InChI is InChI=1S/C11H21N3O3/c1-5-16-9(6(2)3)10-13-11(17-14-10)8(12)7(4)15/h6-9,15H,5,12H2,1-4H3. The maximum atomic E-state index is 9.35. The van der Waals surface area contributed by atoms with Crippen molar-refractivity contribution in [3.8, 4) is 0 Å². The van der Waals surface area contributed by atoms with Crippen LogP contribution in [0.25, 0.3) is 0 Å². The average molecular weight is 243 g/mol. The second kappa shape index (κ2) is 6.09. The highest BCUT2D eigenvalue weighted by atomic mass is 16.5. The van der Waals surface area contributed by atoms with E-state index in [4.69, 9.17) is 15.0 Å². The molecule has 0 amide bonds. The van der Waals surface area contributed by atoms with Gasteiger partial charge in [-0.2, -0.15) is 4.98 Å². The summed E-state index contributed by atoms with van der Waals surface area (Å²) >= 11 is 0. The zero-order valence-electron chi connectivity index (χ0n) is 10.8. The Hall–Kier alpha value is -0.980. The summed E-state index contributed by atoms with van der Waals surface area (Å²) in [5, 5.41) is 13.2. The highest BCUT2D eigenvalue weighted by Crippen LogP contribution is 2.24. The van der Waals surface area contributed by atoms with Gasteiger partial charge in [0.25, 0.3) is 0 Å². The Bertz CT molecular complexity index is 338. The lowest BCUT2D eigenvalue weighted by atomic mass is 10.1. The molecule has 0 aliphatic carbocycles. The van der Waals surface area contributed by atoms with Crippen molar-refractivity contribution in [1.29, 1.82) is 0 Å². The number of hydrogen-bond donors (Lipinski definition) is 2. The van der Waals surface area contributed by atoms with E-state index in [2.05, 4.69) is 10.1 Å². The molecule has 0 spiro atoms. The second-order valence-electron chi connectivity index (χ2n) is 4.38. The number of ether oxygens (including phenoxy) is 1. The van der Waals surface area contributed by atoms with Gasteiger partial charge in [-0.25, -0.2) is 0 Å². The quantitative estimate of drug-likeness (QED) is 0.779. The summed E-state index contributed by atoms with van der Waals surface area (Å²) in [5.41, 5.74) is 5.71. The number of aromatic nitrogens is 2. The molecule has 1 aromatic heterocycles. The van der Waals surface area contributed by atoms with E-state index in [1.54, 1.807) is 6.92 Å². The molecule has 6 heteroatoms. The molecule has 98 valence electrons. The van der Waals surface area contributed by atoms with E-state index in [9.17, 15) is 5.11 Å². The minimum atomic E-state index is -0.729. The van der Waals surface area contributed by atoms with E-state index in [0.29, 0.717) is 12.4 Å². The predicted octanol–water partition coefficient (Wildman–Crippen LogP) is 1.18. The molecule has 0 aliphatic rings. The van der Waals surface area contributed by atoms with Crippen LogP contribution in [0.15, 0.2) is 4.52 Å². The topological polar surface area (TPSA) is 94.4 Å². The van der Waals surface area contributed by atoms with Gasteiger partial charge in [0.15, 0.2) is 0 Å². The molecule has 1 rings (SSSR count). The fourth-order valence-corrected chi connectivity index (χ4v) is 1.45. The van der Waals surface area contributed by atoms with E-state index in [-0.39, 0.29) is 17.9 Å². The third-order valence-corrected chi connectivity index (χ3v) is 2.47. The van der Waals surface area contributed by atoms with Gasteiger partial charge >= 0.3 is 0 Å². The first-order chi connectivity index (χ1) is 7.97. The van der Waals surface area contributed by atoms with Gasteiger partial charge in [-0.15, -0.1) is 0 Å². The van der Waals surface area contributed by atoms with Crippen molar-refractivity contribution in [3.05, 3.63) is 11.7 Å². The maximum Gasteiger partial charge on any atom is 0.246 e. The first-order valence-corrected chi connectivity index (χ1v) is 5.86. The summed E-state index contributed by atoms with van der Waals surface area (Å²) < 4.78 is 10.6. The van der Waals surface area contributed by atoms with E-state index in [1.807, 2.05) is 20.8 Å². The van der Waals surface area contributed by atoms with Crippen molar-refractivity contribution >= 4 is 0 Å². The summed E-state index contributed by atoms with van der Waals surface area (Å²) in [4.78, 5) is 4.18. The lowest BCUT2D eigenvalue weighted by Crippen LogP contribution is -2.23. The van der Waals surface area contributed by atoms with Gasteiger partial charge in [-0.05, 0) is 19.8 Å². The molecule has 3 N–H and O–H groups in total. The summed E-state index contributed by atoms with van der Waals surface area (Å²) in [6.45, 7) is 8.11. The minimum absolute atomic E-state index is 0.210. The smallest absolute Gasteiger partial charge is 0.246 e. The third-order valence-electron chi connectivity index (χ3n) is 2.47. The van der Waals surface area contributed by atoms with Crippen LogP contribution in [-0.4, -0.2) is 28.0 Å². The van der Waals surface area contributed by atoms with Crippen molar-refractivity contribution < 1.29 is 14.4 Å². The number of nitrogens with two attached hydrogens (primary N) is 1. The SMILES string of the molecule is CCOC(c1noc(C(N)C(C)O)n1)C(C)C. The fraction of sp³-hybridized carbons (Fsp3) is 0.818. The average Bonchev–Trinajstić information content (AvgIpc) is 2.73. The van der Waals surface area contributed by atoms with Crippen LogP contribution < -0.4 is 5.73 Å². The Morgan fingerprint density at radius 3 is 2.53 bits per heavy atom. The lowest BCUT2D eigenvalue weighted by Gasteiger charge is -2.16. The molecule has 0 aromatic carbocycles. The molecule has 17 heavy (non-hydrogen) atoms. The zero-order chi connectivity index (χ0) is 13.0. The van der Waals surface area contributed by atoms with Crippen LogP contribution >= 0.6 is 0 Å². The normalized spacial score (nSPS) is 17.1. The Balaban J connectivity index is 2.84. The van der Waals surface area contributed by atoms with Crippen molar-refractivity contribution in [3.63, 3.8) is 0 Å². The van der Waals surface area contributed by atoms with Crippen LogP contribution in [0.3, 0.4) is 0 Å². The second-order valence-corrected chi connectivity index (χ2v) is 4.38. The van der Waals surface area contributed by atoms with Crippen molar-refractivity contribution in [1.82, 2.24) is 10.1 Å². The summed E-state index contributed by atoms with van der Waals surface area (Å²) in [7, 11) is 0. The van der Waals surface area contributed by atoms with Crippen LogP contribution in [0, 0.1) is 5.92 Å². The largest absolute Gasteiger partial charge is 0.391 e. The number of nitrogens with zero attached hydrogens (tertiary/aromatic N) is 2. The van der Waals surface area contributed by atoms with Crippen LogP contribution in [0.5, 0.6) is 0 Å². The van der Waals surface area contributed by atoms with Crippen LogP contribution in [-0.2, 0) is 4.74 Å². The highest BCUT2D eigenvalue weighted by Gasteiger charge is 2.25. The van der Waals surface area contributed by atoms with Crippen LogP contribution in [0.4, 0.5) is 0 Å². The van der Waals surface area contributed by atoms with Gasteiger partial charge in [-0.3, -0.25) is 0 Å². The molecular weight excluding hydrogens is 222 g/mol. The molecule has 6 nitrogen and oxygen atoms in total. The predicted molar refractivity (Wildman–Crippen MR) is 62.1 cm³/mol. The molecule has 3 atom stereocenters. The molecule has 1 aromatic rings. The molecular formula is C11H21N3O3. The van der Waals surface area contributed by atoms with Gasteiger partial charge in [0, 0.05) is 6.61 Å². The Labute approximate surface area is 101 Å². The Morgan fingerprint density at radius 2 is 2.06 bits per heavy atom. The molecule has 0 saturated carbocycles. The lowest BCUT2D eigenvalue weighted by molar-refractivity contribution is 0.0217. The van der Waals surface area contributed by atoms with Gasteiger partial charge in [-0.1, -0.05) is 19.0 Å². The molecule has 1 heterocycles. The van der Waals surface area contributed by atoms with E-state index in [0.717, 1.165) is 0 Å². The molecule has 0 radical (unpaired) electrons. The minimum Gasteiger partial charge on any atom is -0.391 e. The van der Waals surface area contributed by atoms with Crippen molar-refractivity contribution in [2.75, 3.05) is 6.61 Å². The third kappa shape index (κ3) is 3.49. The molecule has 0 bridgehead atoms. The van der Waals surface area contributed by atoms with E-state index >= 15 is 0 Å². The van der Waals surface area contributed by atoms with Gasteiger partial charge in [0.1, 0.15) is 12.1 Å². The molecule has 0 aliphatic heterocycles. The Kier molecular flexibility index (Phi) is 5.04. The summed E-state index contributed by atoms with van der Waals surface area (Å²) in [5.74, 6) is 0.955. The monoisotopic (exact) mass is 243 g/mol. The van der Waals surface area contributed by atoms with Gasteiger partial charge < -0.3 is 20.1 Å². The zero-order valence-corrected chi connectivity index (χ0v) is 10.8. The summed E-state index contributed by atoms with van der Waals surface area (Å²) in [6.07, 6.45) is -0.938. The first kappa shape index (κ1) is 14.1. The van der Waals surface area contributed by atoms with Crippen LogP contribution in [0.1, 0.15) is 51.6 Å². The molecule has 0 fully saturated rings. The van der Waals surface area contributed by atoms with Gasteiger partial charge in [0.2, 0.25) is 11.7 Å². The van der Waals surface area contributed by atoms with Gasteiger partial charge in [0.05, 0.1) is 6.10 Å². The number of rotatable bonds is 6. The molecule has 0 saturated heterocycles. The Morgan fingerprint density at radius 1 is 1.41 bits per heavy atom. The number of aliphatic hydroxyl groups excluding tert-OH is 1. The highest BCUT2D eigenvalue weighted by molar-refractivity contribution is 4.97. The number of hydrogen-bond acceptors (Lipinski definition) is 6. The fourth-order valence-electron chi connectivity index (χ4n) is 1.45. The van der Waals surface area contributed by atoms with Crippen molar-refractivity contribution in [2.45, 2.75) is 45.9 Å². The number of aliphatic hydroxyl groups is 1. The van der Waals surface area contributed by atoms with E-state index < -0.39 is 12.1 Å². The first-order valence-electron chi connectivity index (χ1n) is 5.86.